The predicted octanol–water partition coefficient (Wildman–Crippen LogP) is 1.42. The van der Waals surface area contributed by atoms with Gasteiger partial charge in [0.15, 0.2) is 0 Å². The topological polar surface area (TPSA) is 79.9 Å². The summed E-state index contributed by atoms with van der Waals surface area (Å²) in [7, 11) is 1.58. The van der Waals surface area contributed by atoms with Crippen molar-refractivity contribution in [1.82, 2.24) is 10.2 Å². The van der Waals surface area contributed by atoms with Gasteiger partial charge in [0, 0.05) is 38.0 Å². The maximum absolute atomic E-state index is 12.6. The number of anilines is 1. The number of amides is 2. The number of halogens is 1. The summed E-state index contributed by atoms with van der Waals surface area (Å²) in [5.41, 5.74) is 0.656. The lowest BCUT2D eigenvalue weighted by Crippen LogP contribution is -2.57. The van der Waals surface area contributed by atoms with Gasteiger partial charge >= 0.3 is 0 Å². The second-order valence-electron chi connectivity index (χ2n) is 6.41. The van der Waals surface area contributed by atoms with E-state index >= 15 is 0 Å². The molecule has 0 aromatic heterocycles. The Labute approximate surface area is 159 Å². The number of methoxy groups -OCH3 is 1. The van der Waals surface area contributed by atoms with E-state index in [1.807, 2.05) is 17.0 Å². The van der Waals surface area contributed by atoms with Gasteiger partial charge < -0.3 is 25.0 Å². The quantitative estimate of drug-likeness (QED) is 0.776. The lowest BCUT2D eigenvalue weighted by molar-refractivity contribution is -0.139. The molecule has 3 rings (SSSR count). The van der Waals surface area contributed by atoms with Crippen molar-refractivity contribution in [1.29, 1.82) is 0 Å². The van der Waals surface area contributed by atoms with E-state index in [1.165, 1.54) is 0 Å². The standard InChI is InChI=1S/C18H25N3O4.ClH/c1-24-14-5-2-4-13(10-14)20-17(22)11-16-18(23)21(8-7-19-16)12-15-6-3-9-25-15;/h2,4-5,10,15-16,19H,3,6-9,11-12H2,1H3,(H,20,22);1H. The van der Waals surface area contributed by atoms with Crippen LogP contribution in [0, 0.1) is 0 Å². The van der Waals surface area contributed by atoms with E-state index in [2.05, 4.69) is 10.6 Å². The van der Waals surface area contributed by atoms with Gasteiger partial charge in [0.1, 0.15) is 5.75 Å². The summed E-state index contributed by atoms with van der Waals surface area (Å²) in [4.78, 5) is 26.7. The Morgan fingerprint density at radius 2 is 2.31 bits per heavy atom. The molecular formula is C18H26ClN3O4. The third kappa shape index (κ3) is 5.33. The van der Waals surface area contributed by atoms with Crippen LogP contribution < -0.4 is 15.4 Å². The van der Waals surface area contributed by atoms with Crippen molar-refractivity contribution >= 4 is 29.9 Å². The minimum absolute atomic E-state index is 0. The van der Waals surface area contributed by atoms with Gasteiger partial charge in [0.25, 0.3) is 0 Å². The molecule has 0 aliphatic carbocycles. The fourth-order valence-corrected chi connectivity index (χ4v) is 3.26. The van der Waals surface area contributed by atoms with Crippen LogP contribution in [0.1, 0.15) is 19.3 Å². The van der Waals surface area contributed by atoms with Crippen molar-refractivity contribution in [2.24, 2.45) is 0 Å². The molecule has 144 valence electrons. The maximum Gasteiger partial charge on any atom is 0.240 e. The highest BCUT2D eigenvalue weighted by atomic mass is 35.5. The van der Waals surface area contributed by atoms with Crippen LogP contribution in [0.5, 0.6) is 5.75 Å². The van der Waals surface area contributed by atoms with Gasteiger partial charge in [-0.1, -0.05) is 6.07 Å². The molecule has 2 amide bonds. The Kier molecular flexibility index (Phi) is 7.68. The Hall–Kier alpha value is -1.83. The Balaban J connectivity index is 0.00000243. The van der Waals surface area contributed by atoms with Crippen LogP contribution in [-0.2, 0) is 14.3 Å². The molecule has 7 nitrogen and oxygen atoms in total. The van der Waals surface area contributed by atoms with E-state index in [9.17, 15) is 9.59 Å². The maximum atomic E-state index is 12.6. The number of piperazine rings is 1. The molecular weight excluding hydrogens is 358 g/mol. The molecule has 2 heterocycles. The van der Waals surface area contributed by atoms with Gasteiger partial charge in [-0.3, -0.25) is 9.59 Å². The highest BCUT2D eigenvalue weighted by Gasteiger charge is 2.32. The molecule has 0 radical (unpaired) electrons. The van der Waals surface area contributed by atoms with Crippen LogP contribution in [0.25, 0.3) is 0 Å². The van der Waals surface area contributed by atoms with Gasteiger partial charge in [-0.25, -0.2) is 0 Å². The van der Waals surface area contributed by atoms with Crippen LogP contribution in [-0.4, -0.2) is 62.2 Å². The molecule has 2 aliphatic rings. The summed E-state index contributed by atoms with van der Waals surface area (Å²) >= 11 is 0. The van der Waals surface area contributed by atoms with Crippen LogP contribution in [0.15, 0.2) is 24.3 Å². The third-order valence-electron chi connectivity index (χ3n) is 4.57. The second kappa shape index (κ2) is 9.75. The van der Waals surface area contributed by atoms with Gasteiger partial charge in [0.2, 0.25) is 11.8 Å². The Morgan fingerprint density at radius 3 is 3.04 bits per heavy atom. The van der Waals surface area contributed by atoms with Crippen LogP contribution in [0.4, 0.5) is 5.69 Å². The zero-order valence-corrected chi connectivity index (χ0v) is 15.7. The van der Waals surface area contributed by atoms with Crippen LogP contribution in [0.3, 0.4) is 0 Å². The van der Waals surface area contributed by atoms with Crippen molar-refractivity contribution in [3.05, 3.63) is 24.3 Å². The monoisotopic (exact) mass is 383 g/mol. The number of rotatable bonds is 6. The number of ether oxygens (including phenoxy) is 2. The highest BCUT2D eigenvalue weighted by Crippen LogP contribution is 2.18. The normalized spacial score (nSPS) is 22.7. The number of nitrogens with one attached hydrogen (secondary N) is 2. The molecule has 8 heteroatoms. The summed E-state index contributed by atoms with van der Waals surface area (Å²) in [5, 5.41) is 5.96. The average Bonchev–Trinajstić information content (AvgIpc) is 3.11. The molecule has 0 spiro atoms. The predicted molar refractivity (Wildman–Crippen MR) is 101 cm³/mol. The van der Waals surface area contributed by atoms with Crippen molar-refractivity contribution < 1.29 is 19.1 Å². The minimum atomic E-state index is -0.485. The van der Waals surface area contributed by atoms with Crippen LogP contribution in [0.2, 0.25) is 0 Å². The van der Waals surface area contributed by atoms with E-state index in [-0.39, 0.29) is 36.7 Å². The van der Waals surface area contributed by atoms with Gasteiger partial charge in [-0.15, -0.1) is 12.4 Å². The minimum Gasteiger partial charge on any atom is -0.497 e. The third-order valence-corrected chi connectivity index (χ3v) is 4.57. The fourth-order valence-electron chi connectivity index (χ4n) is 3.26. The van der Waals surface area contributed by atoms with Gasteiger partial charge in [-0.2, -0.15) is 0 Å². The smallest absolute Gasteiger partial charge is 0.240 e. The molecule has 2 atom stereocenters. The summed E-state index contributed by atoms with van der Waals surface area (Å²) < 4.78 is 10.8. The first-order valence-corrected chi connectivity index (χ1v) is 8.73. The number of carbonyl (C=O) groups is 2. The number of carbonyl (C=O) groups excluding carboxylic acids is 2. The Morgan fingerprint density at radius 1 is 1.46 bits per heavy atom. The molecule has 1 aromatic rings. The lowest BCUT2D eigenvalue weighted by Gasteiger charge is -2.34. The molecule has 2 aliphatic heterocycles. The first-order chi connectivity index (χ1) is 12.2. The van der Waals surface area contributed by atoms with E-state index in [4.69, 9.17) is 9.47 Å². The molecule has 2 fully saturated rings. The summed E-state index contributed by atoms with van der Waals surface area (Å²) in [6.45, 7) is 2.74. The fraction of sp³-hybridized carbons (Fsp3) is 0.556. The number of benzene rings is 1. The average molecular weight is 384 g/mol. The first-order valence-electron chi connectivity index (χ1n) is 8.73. The van der Waals surface area contributed by atoms with E-state index in [0.717, 1.165) is 19.4 Å². The molecule has 2 saturated heterocycles. The second-order valence-corrected chi connectivity index (χ2v) is 6.41. The van der Waals surface area contributed by atoms with E-state index in [1.54, 1.807) is 19.2 Å². The zero-order valence-electron chi connectivity index (χ0n) is 14.9. The van der Waals surface area contributed by atoms with Crippen molar-refractivity contribution in [3.63, 3.8) is 0 Å². The zero-order chi connectivity index (χ0) is 17.6. The summed E-state index contributed by atoms with van der Waals surface area (Å²) in [6.07, 6.45) is 2.29. The molecule has 2 unspecified atom stereocenters. The van der Waals surface area contributed by atoms with Gasteiger partial charge in [0.05, 0.1) is 25.7 Å². The van der Waals surface area contributed by atoms with Crippen molar-refractivity contribution in [2.75, 3.05) is 38.7 Å². The SMILES string of the molecule is COc1cccc(NC(=O)CC2NCCN(CC3CCCO3)C2=O)c1.Cl. The first kappa shape index (κ1) is 20.5. The van der Waals surface area contributed by atoms with Crippen LogP contribution >= 0.6 is 12.4 Å². The number of hydrogen-bond donors (Lipinski definition) is 2. The molecule has 0 saturated carbocycles. The Bertz CT molecular complexity index is 622. The number of hydrogen-bond acceptors (Lipinski definition) is 5. The summed E-state index contributed by atoms with van der Waals surface area (Å²) in [6, 6.07) is 6.67. The van der Waals surface area contributed by atoms with Gasteiger partial charge in [-0.05, 0) is 25.0 Å². The van der Waals surface area contributed by atoms with E-state index in [0.29, 0.717) is 31.1 Å². The largest absolute Gasteiger partial charge is 0.497 e. The number of nitrogens with zero attached hydrogens (tertiary/aromatic N) is 1. The highest BCUT2D eigenvalue weighted by molar-refractivity contribution is 5.95. The molecule has 1 aromatic carbocycles. The molecule has 0 bridgehead atoms. The summed E-state index contributed by atoms with van der Waals surface area (Å²) in [5.74, 6) is 0.452. The lowest BCUT2D eigenvalue weighted by atomic mass is 10.1. The molecule has 2 N–H and O–H groups in total. The molecule has 26 heavy (non-hydrogen) atoms. The van der Waals surface area contributed by atoms with Crippen molar-refractivity contribution in [3.8, 4) is 5.75 Å². The van der Waals surface area contributed by atoms with E-state index < -0.39 is 6.04 Å². The van der Waals surface area contributed by atoms with Crippen molar-refractivity contribution in [2.45, 2.75) is 31.4 Å².